The van der Waals surface area contributed by atoms with Crippen molar-refractivity contribution < 1.29 is 0 Å². The number of aromatic nitrogens is 1. The van der Waals surface area contributed by atoms with E-state index in [1.54, 1.807) is 0 Å². The van der Waals surface area contributed by atoms with Gasteiger partial charge in [-0.3, -0.25) is 0 Å². The summed E-state index contributed by atoms with van der Waals surface area (Å²) in [5.41, 5.74) is 4.13. The van der Waals surface area contributed by atoms with Gasteiger partial charge in [-0.2, -0.15) is 0 Å². The van der Waals surface area contributed by atoms with E-state index in [2.05, 4.69) is 58.1 Å². The molecule has 0 saturated carbocycles. The van der Waals surface area contributed by atoms with Gasteiger partial charge in [0, 0.05) is 29.7 Å². The maximum atomic E-state index is 4.59. The maximum absolute atomic E-state index is 4.59. The summed E-state index contributed by atoms with van der Waals surface area (Å²) in [7, 11) is 0. The van der Waals surface area contributed by atoms with Crippen LogP contribution in [0.15, 0.2) is 60.7 Å². The van der Waals surface area contributed by atoms with Gasteiger partial charge < -0.3 is 4.90 Å². The van der Waals surface area contributed by atoms with Crippen molar-refractivity contribution in [2.24, 2.45) is 0 Å². The van der Waals surface area contributed by atoms with E-state index < -0.39 is 0 Å². The number of hydrogen-bond donors (Lipinski definition) is 0. The molecule has 4 rings (SSSR count). The highest BCUT2D eigenvalue weighted by Crippen LogP contribution is 2.20. The van der Waals surface area contributed by atoms with Crippen molar-refractivity contribution in [1.82, 2.24) is 4.98 Å². The summed E-state index contributed by atoms with van der Waals surface area (Å²) in [4.78, 5) is 7.02. The molecule has 0 N–H and O–H groups in total. The van der Waals surface area contributed by atoms with Crippen molar-refractivity contribution in [3.63, 3.8) is 0 Å². The van der Waals surface area contributed by atoms with Crippen LogP contribution in [0.1, 0.15) is 24.1 Å². The summed E-state index contributed by atoms with van der Waals surface area (Å²) >= 11 is 0. The van der Waals surface area contributed by atoms with Crippen LogP contribution in [0.3, 0.4) is 0 Å². The summed E-state index contributed by atoms with van der Waals surface area (Å²) in [6, 6.07) is 20.7. The van der Waals surface area contributed by atoms with Gasteiger partial charge in [0.25, 0.3) is 0 Å². The molecule has 3 aromatic rings. The molecule has 1 saturated heterocycles. The standard InChI is InChI=1S/C21H18N2/c1-2-6-21-18(5-1)10-12-19(22-21)11-7-17-8-13-20(14-9-17)23-15-3-4-16-23/h1-2,5-6,8-10,12-14H,3-4,15-16H2. The Morgan fingerprint density at radius 2 is 1.57 bits per heavy atom. The van der Waals surface area contributed by atoms with Crippen LogP contribution < -0.4 is 4.90 Å². The fourth-order valence-corrected chi connectivity index (χ4v) is 3.00. The minimum absolute atomic E-state index is 0.812. The molecule has 0 radical (unpaired) electrons. The van der Waals surface area contributed by atoms with E-state index in [0.717, 1.165) is 22.2 Å². The highest BCUT2D eigenvalue weighted by molar-refractivity contribution is 5.78. The van der Waals surface area contributed by atoms with Gasteiger partial charge in [-0.15, -0.1) is 0 Å². The molecule has 112 valence electrons. The molecule has 1 aliphatic heterocycles. The maximum Gasteiger partial charge on any atom is 0.114 e. The average molecular weight is 298 g/mol. The second-order valence-corrected chi connectivity index (χ2v) is 5.88. The van der Waals surface area contributed by atoms with Gasteiger partial charge in [0.05, 0.1) is 5.52 Å². The summed E-state index contributed by atoms with van der Waals surface area (Å²) in [6.45, 7) is 2.35. The quantitative estimate of drug-likeness (QED) is 0.625. The molecule has 0 bridgehead atoms. The number of anilines is 1. The SMILES string of the molecule is C(#Cc1ccc2ccccc2n1)c1ccc(N2CCCC2)cc1. The van der Waals surface area contributed by atoms with Gasteiger partial charge >= 0.3 is 0 Å². The summed E-state index contributed by atoms with van der Waals surface area (Å²) in [6.07, 6.45) is 2.60. The Bertz CT molecular complexity index is 879. The van der Waals surface area contributed by atoms with Crippen LogP contribution in [-0.2, 0) is 0 Å². The van der Waals surface area contributed by atoms with E-state index in [0.29, 0.717) is 0 Å². The first-order chi connectivity index (χ1) is 11.4. The first kappa shape index (κ1) is 13.8. The Labute approximate surface area is 136 Å². The zero-order valence-corrected chi connectivity index (χ0v) is 13.0. The fraction of sp³-hybridized carbons (Fsp3) is 0.190. The zero-order chi connectivity index (χ0) is 15.5. The predicted octanol–water partition coefficient (Wildman–Crippen LogP) is 4.23. The van der Waals surface area contributed by atoms with E-state index in [9.17, 15) is 0 Å². The van der Waals surface area contributed by atoms with Crippen LogP contribution >= 0.6 is 0 Å². The van der Waals surface area contributed by atoms with Crippen LogP contribution in [0.4, 0.5) is 5.69 Å². The molecule has 1 aliphatic rings. The minimum Gasteiger partial charge on any atom is -0.372 e. The highest BCUT2D eigenvalue weighted by Gasteiger charge is 2.11. The van der Waals surface area contributed by atoms with Gasteiger partial charge in [-0.25, -0.2) is 4.98 Å². The smallest absolute Gasteiger partial charge is 0.114 e. The largest absolute Gasteiger partial charge is 0.372 e. The molecule has 0 aliphatic carbocycles. The molecule has 23 heavy (non-hydrogen) atoms. The van der Waals surface area contributed by atoms with E-state index in [1.807, 2.05) is 24.3 Å². The van der Waals surface area contributed by atoms with Gasteiger partial charge in [-0.05, 0) is 55.2 Å². The van der Waals surface area contributed by atoms with E-state index >= 15 is 0 Å². The van der Waals surface area contributed by atoms with Crippen molar-refractivity contribution in [2.75, 3.05) is 18.0 Å². The lowest BCUT2D eigenvalue weighted by molar-refractivity contribution is 0.949. The second-order valence-electron chi connectivity index (χ2n) is 5.88. The molecule has 1 fully saturated rings. The van der Waals surface area contributed by atoms with Crippen LogP contribution in [-0.4, -0.2) is 18.1 Å². The number of rotatable bonds is 1. The molecular formula is C21H18N2. The first-order valence-electron chi connectivity index (χ1n) is 8.11. The minimum atomic E-state index is 0.812. The van der Waals surface area contributed by atoms with Crippen LogP contribution in [0.2, 0.25) is 0 Å². The van der Waals surface area contributed by atoms with Gasteiger partial charge in [0.2, 0.25) is 0 Å². The Balaban J connectivity index is 1.56. The van der Waals surface area contributed by atoms with Gasteiger partial charge in [0.15, 0.2) is 0 Å². The van der Waals surface area contributed by atoms with E-state index in [-0.39, 0.29) is 0 Å². The van der Waals surface area contributed by atoms with Crippen molar-refractivity contribution >= 4 is 16.6 Å². The number of nitrogens with zero attached hydrogens (tertiary/aromatic N) is 2. The molecule has 2 heteroatoms. The number of hydrogen-bond acceptors (Lipinski definition) is 2. The Morgan fingerprint density at radius 3 is 2.39 bits per heavy atom. The third-order valence-corrected chi connectivity index (χ3v) is 4.27. The van der Waals surface area contributed by atoms with Crippen LogP contribution in [0.25, 0.3) is 10.9 Å². The molecule has 2 nitrogen and oxygen atoms in total. The molecule has 2 aromatic carbocycles. The van der Waals surface area contributed by atoms with Crippen LogP contribution in [0.5, 0.6) is 0 Å². The summed E-state index contributed by atoms with van der Waals surface area (Å²) in [5.74, 6) is 6.38. The number of para-hydroxylation sites is 1. The second kappa shape index (κ2) is 6.14. The Morgan fingerprint density at radius 1 is 0.783 bits per heavy atom. The third kappa shape index (κ3) is 3.05. The highest BCUT2D eigenvalue weighted by atomic mass is 15.1. The lowest BCUT2D eigenvalue weighted by Gasteiger charge is -2.17. The molecule has 2 heterocycles. The van der Waals surface area contributed by atoms with Crippen LogP contribution in [0, 0.1) is 11.8 Å². The average Bonchev–Trinajstić information content (AvgIpc) is 3.15. The van der Waals surface area contributed by atoms with E-state index in [1.165, 1.54) is 31.6 Å². The fourth-order valence-electron chi connectivity index (χ4n) is 3.00. The number of pyridine rings is 1. The van der Waals surface area contributed by atoms with Gasteiger partial charge in [-0.1, -0.05) is 30.2 Å². The molecular weight excluding hydrogens is 280 g/mol. The molecule has 0 unspecified atom stereocenters. The summed E-state index contributed by atoms with van der Waals surface area (Å²) < 4.78 is 0. The van der Waals surface area contributed by atoms with Crippen molar-refractivity contribution in [3.05, 3.63) is 71.9 Å². The predicted molar refractivity (Wildman–Crippen MR) is 95.6 cm³/mol. The molecule has 1 aromatic heterocycles. The Kier molecular flexibility index (Phi) is 3.70. The topological polar surface area (TPSA) is 16.1 Å². The Hall–Kier alpha value is -2.79. The lowest BCUT2D eigenvalue weighted by atomic mass is 10.2. The first-order valence-corrected chi connectivity index (χ1v) is 8.11. The van der Waals surface area contributed by atoms with Crippen molar-refractivity contribution in [2.45, 2.75) is 12.8 Å². The van der Waals surface area contributed by atoms with E-state index in [4.69, 9.17) is 0 Å². The molecule has 0 spiro atoms. The molecule has 0 atom stereocenters. The lowest BCUT2D eigenvalue weighted by Crippen LogP contribution is -2.17. The monoisotopic (exact) mass is 298 g/mol. The zero-order valence-electron chi connectivity index (χ0n) is 13.0. The van der Waals surface area contributed by atoms with Crippen molar-refractivity contribution in [1.29, 1.82) is 0 Å². The molecule has 0 amide bonds. The normalized spacial score (nSPS) is 13.8. The summed E-state index contributed by atoms with van der Waals surface area (Å²) in [5, 5.41) is 1.15. The van der Waals surface area contributed by atoms with Crippen molar-refractivity contribution in [3.8, 4) is 11.8 Å². The third-order valence-electron chi connectivity index (χ3n) is 4.27. The number of fused-ring (bicyclic) bond motifs is 1. The van der Waals surface area contributed by atoms with Gasteiger partial charge in [0.1, 0.15) is 5.69 Å². The number of benzene rings is 2.